The maximum Gasteiger partial charge on any atom is 0.182 e. The smallest absolute Gasteiger partial charge is 0.182 e. The number of nitrogens with two attached hydrogens (primary N) is 1. The van der Waals surface area contributed by atoms with Crippen molar-refractivity contribution in [3.63, 3.8) is 0 Å². The second-order valence-electron chi connectivity index (χ2n) is 3.53. The van der Waals surface area contributed by atoms with E-state index in [9.17, 15) is 0 Å². The summed E-state index contributed by atoms with van der Waals surface area (Å²) in [6, 6.07) is 0. The fourth-order valence-electron chi connectivity index (χ4n) is 1.32. The van der Waals surface area contributed by atoms with Crippen LogP contribution in [-0.2, 0) is 4.74 Å². The molecule has 1 fully saturated rings. The molecule has 9 nitrogen and oxygen atoms in total. The van der Waals surface area contributed by atoms with Gasteiger partial charge in [0, 0.05) is 7.11 Å². The molecular weight excluding hydrogens is 302 g/mol. The highest BCUT2D eigenvalue weighted by molar-refractivity contribution is 5.80. The average molecular weight is 331 g/mol. The van der Waals surface area contributed by atoms with Crippen molar-refractivity contribution in [2.24, 2.45) is 0 Å². The highest BCUT2D eigenvalue weighted by atomic mass is 16.5. The number of nitrogen functional groups attached to an aromatic ring is 1. The van der Waals surface area contributed by atoms with Crippen molar-refractivity contribution < 1.29 is 20.1 Å². The van der Waals surface area contributed by atoms with Gasteiger partial charge in [0.05, 0.1) is 19.5 Å². The number of hydrogen-bond acceptors (Lipinski definition) is 8. The van der Waals surface area contributed by atoms with Crippen LogP contribution in [0.1, 0.15) is 27.7 Å². The molecule has 0 aromatic carbocycles. The van der Waals surface area contributed by atoms with Gasteiger partial charge in [0.25, 0.3) is 0 Å². The number of aliphatic hydroxyl groups excluding tert-OH is 3. The molecule has 0 spiro atoms. The van der Waals surface area contributed by atoms with E-state index in [1.54, 1.807) is 0 Å². The van der Waals surface area contributed by atoms with Gasteiger partial charge in [0.2, 0.25) is 0 Å². The molecule has 2 atom stereocenters. The van der Waals surface area contributed by atoms with Crippen molar-refractivity contribution in [2.75, 3.05) is 26.1 Å². The minimum atomic E-state index is -0.653. The van der Waals surface area contributed by atoms with Crippen LogP contribution in [0.15, 0.2) is 12.7 Å². The van der Waals surface area contributed by atoms with E-state index in [1.165, 1.54) is 12.7 Å². The molecule has 1 aliphatic rings. The molecule has 23 heavy (non-hydrogen) atoms. The van der Waals surface area contributed by atoms with E-state index in [0.29, 0.717) is 17.0 Å². The predicted octanol–water partition coefficient (Wildman–Crippen LogP) is 0.334. The highest BCUT2D eigenvalue weighted by Gasteiger charge is 2.22. The Labute approximate surface area is 136 Å². The van der Waals surface area contributed by atoms with Crippen LogP contribution in [0.25, 0.3) is 11.2 Å². The van der Waals surface area contributed by atoms with Crippen LogP contribution in [0, 0.1) is 0 Å². The van der Waals surface area contributed by atoms with Gasteiger partial charge in [-0.25, -0.2) is 15.0 Å². The predicted molar refractivity (Wildman–Crippen MR) is 89.8 cm³/mol. The second kappa shape index (κ2) is 15.1. The minimum Gasteiger partial charge on any atom is -0.400 e. The van der Waals surface area contributed by atoms with E-state index in [4.69, 9.17) is 21.1 Å². The number of imidazole rings is 1. The first kappa shape index (κ1) is 23.5. The largest absolute Gasteiger partial charge is 0.400 e. The van der Waals surface area contributed by atoms with E-state index < -0.39 is 12.2 Å². The molecule has 9 heteroatoms. The molecule has 0 amide bonds. The second-order valence-corrected chi connectivity index (χ2v) is 3.53. The van der Waals surface area contributed by atoms with E-state index in [-0.39, 0.29) is 13.2 Å². The van der Waals surface area contributed by atoms with Crippen molar-refractivity contribution >= 4 is 17.0 Å². The lowest BCUT2D eigenvalue weighted by atomic mass is 10.3. The van der Waals surface area contributed by atoms with Crippen LogP contribution >= 0.6 is 0 Å². The Kier molecular flexibility index (Phi) is 15.4. The van der Waals surface area contributed by atoms with Crippen LogP contribution in [0.4, 0.5) is 5.82 Å². The quantitative estimate of drug-likeness (QED) is 0.463. The van der Waals surface area contributed by atoms with Crippen LogP contribution in [-0.4, -0.2) is 67.8 Å². The minimum absolute atomic E-state index is 0.279. The van der Waals surface area contributed by atoms with Crippen LogP contribution in [0.5, 0.6) is 0 Å². The Hall–Kier alpha value is -1.81. The Morgan fingerprint density at radius 1 is 1.04 bits per heavy atom. The van der Waals surface area contributed by atoms with Gasteiger partial charge >= 0.3 is 0 Å². The zero-order valence-electron chi connectivity index (χ0n) is 14.4. The highest BCUT2D eigenvalue weighted by Crippen LogP contribution is 2.09. The third kappa shape index (κ3) is 8.41. The van der Waals surface area contributed by atoms with Gasteiger partial charge in [-0.3, -0.25) is 0 Å². The van der Waals surface area contributed by atoms with Gasteiger partial charge in [-0.05, 0) is 0 Å². The molecule has 2 aromatic heterocycles. The molecular formula is C14H29N5O4. The van der Waals surface area contributed by atoms with Gasteiger partial charge in [0.1, 0.15) is 24.1 Å². The van der Waals surface area contributed by atoms with E-state index in [2.05, 4.69) is 24.7 Å². The summed E-state index contributed by atoms with van der Waals surface area (Å²) in [5, 5.41) is 24.2. The molecule has 0 bridgehead atoms. The lowest BCUT2D eigenvalue weighted by molar-refractivity contribution is 0.0572. The molecule has 2 aromatic rings. The molecule has 0 radical (unpaired) electrons. The third-order valence-electron chi connectivity index (χ3n) is 2.27. The number of anilines is 1. The maximum atomic E-state index is 8.62. The van der Waals surface area contributed by atoms with Gasteiger partial charge in [-0.15, -0.1) is 0 Å². The van der Waals surface area contributed by atoms with Crippen molar-refractivity contribution in [1.29, 1.82) is 0 Å². The van der Waals surface area contributed by atoms with Crippen LogP contribution in [0.3, 0.4) is 0 Å². The molecule has 0 saturated carbocycles. The number of ether oxygens (including phenoxy) is 1. The van der Waals surface area contributed by atoms with Gasteiger partial charge in [0.15, 0.2) is 11.5 Å². The number of nitrogens with one attached hydrogen (secondary N) is 1. The third-order valence-corrected chi connectivity index (χ3v) is 2.27. The van der Waals surface area contributed by atoms with Crippen molar-refractivity contribution in [2.45, 2.75) is 39.9 Å². The number of aromatic nitrogens is 4. The number of H-pyrrole nitrogens is 1. The van der Waals surface area contributed by atoms with E-state index >= 15 is 0 Å². The standard InChI is InChI=1S/C5H5N5.C4H8O3.2C2H6.CH4O/c6-4-3-5(9-1-7-3)10-2-8-4;5-3-1-7-2-4(3)6;3*1-2/h1-2H,(H3,6,7,8,9,10);3-6H,1-2H2;2*1-2H3;2H,1H3. The monoisotopic (exact) mass is 331 g/mol. The summed E-state index contributed by atoms with van der Waals surface area (Å²) in [4.78, 5) is 14.4. The fourth-order valence-corrected chi connectivity index (χ4v) is 1.32. The van der Waals surface area contributed by atoms with Gasteiger partial charge in [-0.2, -0.15) is 0 Å². The number of nitrogens with zero attached hydrogens (tertiary/aromatic N) is 3. The topological polar surface area (TPSA) is 150 Å². The van der Waals surface area contributed by atoms with Crippen LogP contribution in [0.2, 0.25) is 0 Å². The van der Waals surface area contributed by atoms with E-state index in [0.717, 1.165) is 7.11 Å². The molecule has 3 rings (SSSR count). The molecule has 1 saturated heterocycles. The Morgan fingerprint density at radius 2 is 1.57 bits per heavy atom. The molecule has 6 N–H and O–H groups in total. The first-order chi connectivity index (χ1) is 11.2. The molecule has 0 aliphatic carbocycles. The normalized spacial score (nSPS) is 18.1. The van der Waals surface area contributed by atoms with Gasteiger partial charge in [-0.1, -0.05) is 27.7 Å². The first-order valence-electron chi connectivity index (χ1n) is 7.46. The summed E-state index contributed by atoms with van der Waals surface area (Å²) in [6.45, 7) is 8.56. The summed E-state index contributed by atoms with van der Waals surface area (Å²) in [5.74, 6) is 0.433. The maximum absolute atomic E-state index is 8.62. The zero-order chi connectivity index (χ0) is 18.3. The zero-order valence-corrected chi connectivity index (χ0v) is 14.4. The summed E-state index contributed by atoms with van der Waals surface area (Å²) in [6.07, 6.45) is 1.62. The average Bonchev–Trinajstić information content (AvgIpc) is 3.24. The Bertz CT molecular complexity index is 487. The fraction of sp³-hybridized carbons (Fsp3) is 0.643. The number of rotatable bonds is 0. The SMILES string of the molecule is CC.CC.CO.Nc1ncnc2nc[nH]c12.OC1COCC1O. The number of aromatic amines is 1. The molecule has 2 unspecified atom stereocenters. The lowest BCUT2D eigenvalue weighted by Gasteiger charge is -2.00. The van der Waals surface area contributed by atoms with Gasteiger partial charge < -0.3 is 30.8 Å². The summed E-state index contributed by atoms with van der Waals surface area (Å²) in [7, 11) is 1.00. The Balaban J connectivity index is 0. The van der Waals surface area contributed by atoms with Crippen molar-refractivity contribution in [3.8, 4) is 0 Å². The van der Waals surface area contributed by atoms with Crippen molar-refractivity contribution in [1.82, 2.24) is 19.9 Å². The number of fused-ring (bicyclic) bond motifs is 1. The summed E-state index contributed by atoms with van der Waals surface area (Å²) in [5.41, 5.74) is 6.78. The number of aliphatic hydroxyl groups is 3. The summed E-state index contributed by atoms with van der Waals surface area (Å²) < 4.78 is 4.67. The lowest BCUT2D eigenvalue weighted by Crippen LogP contribution is -2.22. The van der Waals surface area contributed by atoms with E-state index in [1.807, 2.05) is 27.7 Å². The Morgan fingerprint density at radius 3 is 1.96 bits per heavy atom. The summed E-state index contributed by atoms with van der Waals surface area (Å²) >= 11 is 0. The molecule has 134 valence electrons. The van der Waals surface area contributed by atoms with Crippen molar-refractivity contribution in [3.05, 3.63) is 12.7 Å². The molecule has 3 heterocycles. The van der Waals surface area contributed by atoms with Crippen LogP contribution < -0.4 is 5.73 Å². The molecule has 1 aliphatic heterocycles. The number of hydrogen-bond donors (Lipinski definition) is 5. The first-order valence-corrected chi connectivity index (χ1v) is 7.46.